The summed E-state index contributed by atoms with van der Waals surface area (Å²) in [5.74, 6) is 2.17. The first-order chi connectivity index (χ1) is 16.6. The van der Waals surface area contributed by atoms with Crippen molar-refractivity contribution in [1.29, 1.82) is 0 Å². The van der Waals surface area contributed by atoms with Gasteiger partial charge in [-0.3, -0.25) is 4.79 Å². The van der Waals surface area contributed by atoms with Crippen LogP contribution in [-0.4, -0.2) is 38.8 Å². The standard InChI is InChI=1S/C27H24N2O5/c1-31-24-13-17(14-25(32-2)26(24)33-3)22-15-20(19-6-4-5-7-21(19)29-22)27(30)28-18-8-9-23-16(12-18)10-11-34-23/h4-9,12-15H,10-11H2,1-3H3,(H,28,30). The van der Waals surface area contributed by atoms with E-state index in [4.69, 9.17) is 23.9 Å². The molecule has 1 aliphatic rings. The predicted octanol–water partition coefficient (Wildman–Crippen LogP) is 5.11. The Balaban J connectivity index is 1.59. The zero-order valence-electron chi connectivity index (χ0n) is 19.2. The van der Waals surface area contributed by atoms with Crippen LogP contribution in [0.25, 0.3) is 22.2 Å². The van der Waals surface area contributed by atoms with Crippen molar-refractivity contribution < 1.29 is 23.7 Å². The Morgan fingerprint density at radius 1 is 0.941 bits per heavy atom. The number of rotatable bonds is 6. The van der Waals surface area contributed by atoms with Crippen LogP contribution in [0.3, 0.4) is 0 Å². The van der Waals surface area contributed by atoms with E-state index in [2.05, 4.69) is 5.32 Å². The number of anilines is 1. The van der Waals surface area contributed by atoms with Crippen molar-refractivity contribution in [1.82, 2.24) is 4.98 Å². The highest BCUT2D eigenvalue weighted by molar-refractivity contribution is 6.13. The highest BCUT2D eigenvalue weighted by Gasteiger charge is 2.19. The van der Waals surface area contributed by atoms with Gasteiger partial charge in [0.15, 0.2) is 11.5 Å². The molecule has 0 radical (unpaired) electrons. The number of carbonyl (C=O) groups excluding carboxylic acids is 1. The first-order valence-corrected chi connectivity index (χ1v) is 10.9. The maximum Gasteiger partial charge on any atom is 0.256 e. The zero-order chi connectivity index (χ0) is 23.7. The fraction of sp³-hybridized carbons (Fsp3) is 0.185. The number of amides is 1. The maximum atomic E-state index is 13.4. The average Bonchev–Trinajstić information content (AvgIpc) is 3.35. The summed E-state index contributed by atoms with van der Waals surface area (Å²) < 4.78 is 22.0. The fourth-order valence-electron chi connectivity index (χ4n) is 4.20. The van der Waals surface area contributed by atoms with Crippen LogP contribution in [0, 0.1) is 0 Å². The molecular weight excluding hydrogens is 432 g/mol. The van der Waals surface area contributed by atoms with Gasteiger partial charge in [0, 0.05) is 23.1 Å². The molecule has 0 unspecified atom stereocenters. The molecule has 1 aliphatic heterocycles. The third-order valence-corrected chi connectivity index (χ3v) is 5.87. The number of nitrogens with zero attached hydrogens (tertiary/aromatic N) is 1. The van der Waals surface area contributed by atoms with Crippen molar-refractivity contribution in [3.63, 3.8) is 0 Å². The van der Waals surface area contributed by atoms with E-state index in [1.165, 1.54) is 0 Å². The van der Waals surface area contributed by atoms with Crippen LogP contribution < -0.4 is 24.3 Å². The van der Waals surface area contributed by atoms with Gasteiger partial charge in [0.2, 0.25) is 5.75 Å². The highest BCUT2D eigenvalue weighted by atomic mass is 16.5. The van der Waals surface area contributed by atoms with E-state index in [0.29, 0.717) is 40.6 Å². The van der Waals surface area contributed by atoms with Crippen LogP contribution in [0.5, 0.6) is 23.0 Å². The Hall–Kier alpha value is -4.26. The Bertz CT molecular complexity index is 1370. The van der Waals surface area contributed by atoms with Crippen LogP contribution >= 0.6 is 0 Å². The molecule has 7 nitrogen and oxygen atoms in total. The van der Waals surface area contributed by atoms with E-state index < -0.39 is 0 Å². The van der Waals surface area contributed by atoms with Crippen molar-refractivity contribution >= 4 is 22.5 Å². The minimum Gasteiger partial charge on any atom is -0.493 e. The van der Waals surface area contributed by atoms with Crippen molar-refractivity contribution in [2.75, 3.05) is 33.3 Å². The van der Waals surface area contributed by atoms with Gasteiger partial charge < -0.3 is 24.3 Å². The molecule has 0 fully saturated rings. The molecule has 0 spiro atoms. The van der Waals surface area contributed by atoms with Gasteiger partial charge in [-0.1, -0.05) is 18.2 Å². The molecule has 0 atom stereocenters. The first-order valence-electron chi connectivity index (χ1n) is 10.9. The number of benzene rings is 3. The summed E-state index contributed by atoms with van der Waals surface area (Å²) in [4.78, 5) is 18.2. The largest absolute Gasteiger partial charge is 0.493 e. The van der Waals surface area contributed by atoms with E-state index in [0.717, 1.165) is 34.4 Å². The van der Waals surface area contributed by atoms with Crippen molar-refractivity contribution in [3.05, 3.63) is 71.8 Å². The van der Waals surface area contributed by atoms with Crippen LogP contribution in [-0.2, 0) is 6.42 Å². The van der Waals surface area contributed by atoms with Crippen LogP contribution in [0.15, 0.2) is 60.7 Å². The van der Waals surface area contributed by atoms with Gasteiger partial charge in [-0.15, -0.1) is 0 Å². The molecule has 0 aliphatic carbocycles. The molecule has 172 valence electrons. The monoisotopic (exact) mass is 456 g/mol. The van der Waals surface area contributed by atoms with Gasteiger partial charge >= 0.3 is 0 Å². The highest BCUT2D eigenvalue weighted by Crippen LogP contribution is 2.41. The predicted molar refractivity (Wildman–Crippen MR) is 130 cm³/mol. The number of para-hydroxylation sites is 1. The quantitative estimate of drug-likeness (QED) is 0.434. The maximum absolute atomic E-state index is 13.4. The molecule has 4 aromatic rings. The topological polar surface area (TPSA) is 78.9 Å². The normalized spacial score (nSPS) is 12.1. The number of carbonyl (C=O) groups is 1. The van der Waals surface area contributed by atoms with E-state index in [1.807, 2.05) is 54.6 Å². The van der Waals surface area contributed by atoms with Gasteiger partial charge in [-0.05, 0) is 48.0 Å². The molecule has 0 saturated heterocycles. The summed E-state index contributed by atoms with van der Waals surface area (Å²) in [7, 11) is 4.69. The van der Waals surface area contributed by atoms with E-state index >= 15 is 0 Å². The number of nitrogens with one attached hydrogen (secondary N) is 1. The minimum atomic E-state index is -0.217. The number of fused-ring (bicyclic) bond motifs is 2. The van der Waals surface area contributed by atoms with Gasteiger partial charge in [0.05, 0.1) is 44.7 Å². The summed E-state index contributed by atoms with van der Waals surface area (Å²) in [6, 6.07) is 18.7. The molecule has 34 heavy (non-hydrogen) atoms. The SMILES string of the molecule is COc1cc(-c2cc(C(=O)Nc3ccc4c(c3)CCO4)c3ccccc3n2)cc(OC)c1OC. The van der Waals surface area contributed by atoms with Crippen LogP contribution in [0.1, 0.15) is 15.9 Å². The third-order valence-electron chi connectivity index (χ3n) is 5.87. The van der Waals surface area contributed by atoms with Gasteiger partial charge in [-0.25, -0.2) is 4.98 Å². The molecule has 1 amide bonds. The molecule has 2 heterocycles. The zero-order valence-corrected chi connectivity index (χ0v) is 19.2. The molecule has 0 bridgehead atoms. The summed E-state index contributed by atoms with van der Waals surface area (Å²) >= 11 is 0. The lowest BCUT2D eigenvalue weighted by Crippen LogP contribution is -2.13. The lowest BCUT2D eigenvalue weighted by molar-refractivity contribution is 0.102. The Labute approximate surface area is 197 Å². The first kappa shape index (κ1) is 21.6. The van der Waals surface area contributed by atoms with E-state index in [1.54, 1.807) is 27.4 Å². The Morgan fingerprint density at radius 3 is 2.44 bits per heavy atom. The van der Waals surface area contributed by atoms with Gasteiger partial charge in [-0.2, -0.15) is 0 Å². The molecule has 5 rings (SSSR count). The van der Waals surface area contributed by atoms with E-state index in [-0.39, 0.29) is 5.91 Å². The van der Waals surface area contributed by atoms with Crippen molar-refractivity contribution in [3.8, 4) is 34.3 Å². The second-order valence-electron chi connectivity index (χ2n) is 7.86. The number of aromatic nitrogens is 1. The second kappa shape index (κ2) is 8.94. The lowest BCUT2D eigenvalue weighted by atomic mass is 10.0. The van der Waals surface area contributed by atoms with Gasteiger partial charge in [0.1, 0.15) is 5.75 Å². The summed E-state index contributed by atoms with van der Waals surface area (Å²) in [6.07, 6.45) is 0.836. The Morgan fingerprint density at radius 2 is 1.71 bits per heavy atom. The molecule has 7 heteroatoms. The number of pyridine rings is 1. The molecule has 3 aromatic carbocycles. The van der Waals surface area contributed by atoms with Gasteiger partial charge in [0.25, 0.3) is 5.91 Å². The van der Waals surface area contributed by atoms with Crippen LogP contribution in [0.2, 0.25) is 0 Å². The average molecular weight is 456 g/mol. The molecule has 0 saturated carbocycles. The summed E-state index contributed by atoms with van der Waals surface area (Å²) in [6.45, 7) is 0.667. The number of ether oxygens (including phenoxy) is 4. The number of hydrogen-bond acceptors (Lipinski definition) is 6. The summed E-state index contributed by atoms with van der Waals surface area (Å²) in [5.41, 5.74) is 4.40. The van der Waals surface area contributed by atoms with Crippen LogP contribution in [0.4, 0.5) is 5.69 Å². The lowest BCUT2D eigenvalue weighted by Gasteiger charge is -2.15. The van der Waals surface area contributed by atoms with Crippen molar-refractivity contribution in [2.45, 2.75) is 6.42 Å². The van der Waals surface area contributed by atoms with Crippen molar-refractivity contribution in [2.24, 2.45) is 0 Å². The third kappa shape index (κ3) is 3.85. The smallest absolute Gasteiger partial charge is 0.256 e. The fourth-order valence-corrected chi connectivity index (χ4v) is 4.20. The molecule has 1 N–H and O–H groups in total. The molecule has 1 aromatic heterocycles. The van der Waals surface area contributed by atoms with E-state index in [9.17, 15) is 4.79 Å². The number of hydrogen-bond donors (Lipinski definition) is 1. The molecular formula is C27H24N2O5. The summed E-state index contributed by atoms with van der Waals surface area (Å²) in [5, 5.41) is 3.79. The minimum absolute atomic E-state index is 0.217. The number of methoxy groups -OCH3 is 3. The second-order valence-corrected chi connectivity index (χ2v) is 7.86. The Kier molecular flexibility index (Phi) is 5.67.